The van der Waals surface area contributed by atoms with Crippen molar-refractivity contribution in [3.63, 3.8) is 0 Å². The fourth-order valence-electron chi connectivity index (χ4n) is 3.32. The third kappa shape index (κ3) is 5.11. The zero-order valence-electron chi connectivity index (χ0n) is 18.1. The van der Waals surface area contributed by atoms with Gasteiger partial charge in [0.1, 0.15) is 11.3 Å². The van der Waals surface area contributed by atoms with Crippen LogP contribution in [0.2, 0.25) is 0 Å². The van der Waals surface area contributed by atoms with Gasteiger partial charge in [0, 0.05) is 42.9 Å². The Morgan fingerprint density at radius 3 is 2.63 bits per heavy atom. The molecule has 0 saturated heterocycles. The van der Waals surface area contributed by atoms with Crippen LogP contribution in [0.25, 0.3) is 11.0 Å². The topological polar surface area (TPSA) is 144 Å². The van der Waals surface area contributed by atoms with Crippen LogP contribution in [0.5, 0.6) is 11.6 Å². The van der Waals surface area contributed by atoms with E-state index in [1.165, 1.54) is 48.8 Å². The van der Waals surface area contributed by atoms with Crippen LogP contribution >= 0.6 is 0 Å². The number of rotatable bonds is 8. The molecule has 0 aliphatic rings. The molecule has 0 atom stereocenters. The molecule has 35 heavy (non-hydrogen) atoms. The summed E-state index contributed by atoms with van der Waals surface area (Å²) in [5, 5.41) is 10.3. The summed E-state index contributed by atoms with van der Waals surface area (Å²) in [4.78, 5) is 20.2. The zero-order chi connectivity index (χ0) is 25.2. The molecule has 0 amide bonds. The molecular formula is C22H18F2N4O6S. The van der Waals surface area contributed by atoms with E-state index < -0.39 is 39.9 Å². The predicted octanol–water partition coefficient (Wildman–Crippen LogP) is 2.61. The molecule has 3 heterocycles. The Balaban J connectivity index is 1.72. The summed E-state index contributed by atoms with van der Waals surface area (Å²) < 4.78 is 66.8. The van der Waals surface area contributed by atoms with Crippen molar-refractivity contribution in [1.29, 1.82) is 0 Å². The van der Waals surface area contributed by atoms with Crippen LogP contribution in [0.3, 0.4) is 0 Å². The summed E-state index contributed by atoms with van der Waals surface area (Å²) in [6, 6.07) is 8.16. The molecule has 13 heteroatoms. The van der Waals surface area contributed by atoms with Gasteiger partial charge in [-0.25, -0.2) is 28.3 Å². The maximum Gasteiger partial charge on any atom is 0.340 e. The summed E-state index contributed by atoms with van der Waals surface area (Å²) >= 11 is 0. The Morgan fingerprint density at radius 2 is 1.91 bits per heavy atom. The monoisotopic (exact) mass is 504 g/mol. The van der Waals surface area contributed by atoms with Gasteiger partial charge in [0.2, 0.25) is 0 Å². The van der Waals surface area contributed by atoms with E-state index in [9.17, 15) is 27.1 Å². The van der Waals surface area contributed by atoms with Crippen molar-refractivity contribution in [2.24, 2.45) is 0 Å². The van der Waals surface area contributed by atoms with E-state index in [1.54, 1.807) is 0 Å². The molecule has 0 unspecified atom stereocenters. The van der Waals surface area contributed by atoms with Gasteiger partial charge >= 0.3 is 5.63 Å². The number of benzene rings is 1. The van der Waals surface area contributed by atoms with Crippen LogP contribution in [0.1, 0.15) is 16.7 Å². The van der Waals surface area contributed by atoms with Crippen LogP contribution in [0, 0.1) is 11.6 Å². The van der Waals surface area contributed by atoms with Crippen LogP contribution in [0.4, 0.5) is 14.6 Å². The number of nitrogens with zero attached hydrogens (tertiary/aromatic N) is 2. The van der Waals surface area contributed by atoms with Crippen molar-refractivity contribution in [2.45, 2.75) is 13.0 Å². The molecule has 10 nitrogen and oxygen atoms in total. The van der Waals surface area contributed by atoms with Gasteiger partial charge in [0.25, 0.3) is 16.1 Å². The molecule has 0 fully saturated rings. The fraction of sp³-hybridized carbons (Fsp3) is 0.136. The SMILES string of the molecule is CNS(=O)(=O)Nc1nccc(Cc2c(CO)c3ccc(Oc4ncccc4F)cc3oc2=O)c1F. The first-order valence-electron chi connectivity index (χ1n) is 10.0. The third-order valence-corrected chi connectivity index (χ3v) is 6.02. The highest BCUT2D eigenvalue weighted by Crippen LogP contribution is 2.29. The maximum absolute atomic E-state index is 14.9. The van der Waals surface area contributed by atoms with Gasteiger partial charge in [0.05, 0.1) is 6.61 Å². The molecular weight excluding hydrogens is 486 g/mol. The lowest BCUT2D eigenvalue weighted by atomic mass is 9.99. The van der Waals surface area contributed by atoms with Gasteiger partial charge in [-0.15, -0.1) is 0 Å². The van der Waals surface area contributed by atoms with Gasteiger partial charge in [-0.05, 0) is 41.5 Å². The minimum atomic E-state index is -4.03. The van der Waals surface area contributed by atoms with Crippen LogP contribution in [0.15, 0.2) is 58.0 Å². The van der Waals surface area contributed by atoms with Gasteiger partial charge in [-0.1, -0.05) is 0 Å². The molecule has 4 rings (SSSR count). The molecule has 0 radical (unpaired) electrons. The number of halogens is 2. The first-order chi connectivity index (χ1) is 16.7. The van der Waals surface area contributed by atoms with Crippen molar-refractivity contribution in [3.05, 3.63) is 87.5 Å². The highest BCUT2D eigenvalue weighted by molar-refractivity contribution is 7.90. The summed E-state index contributed by atoms with van der Waals surface area (Å²) in [7, 11) is -2.89. The molecule has 1 aromatic carbocycles. The molecule has 0 saturated carbocycles. The highest BCUT2D eigenvalue weighted by Gasteiger charge is 2.20. The van der Waals surface area contributed by atoms with Crippen molar-refractivity contribution < 1.29 is 31.5 Å². The van der Waals surface area contributed by atoms with Crippen molar-refractivity contribution in [3.8, 4) is 11.6 Å². The standard InChI is InChI=1S/C22H18F2N4O6S/c1-25-35(31,32)28-20-19(24)12(6-8-26-20)9-15-16(11-29)14-5-4-13(10-18(14)34-22(15)30)33-21-17(23)3-2-7-27-21/h2-8,10,25,29H,9,11H2,1H3,(H,26,28). The lowest BCUT2D eigenvalue weighted by Gasteiger charge is -2.13. The number of ether oxygens (including phenoxy) is 1. The van der Waals surface area contributed by atoms with E-state index in [0.29, 0.717) is 5.39 Å². The molecule has 3 aromatic heterocycles. The second-order valence-corrected chi connectivity index (χ2v) is 8.79. The lowest BCUT2D eigenvalue weighted by Crippen LogP contribution is -2.27. The smallest absolute Gasteiger partial charge is 0.340 e. The maximum atomic E-state index is 14.9. The normalized spacial score (nSPS) is 11.5. The second-order valence-electron chi connectivity index (χ2n) is 7.17. The largest absolute Gasteiger partial charge is 0.436 e. The summed E-state index contributed by atoms with van der Waals surface area (Å²) in [5.41, 5.74) is -0.705. The number of aromatic nitrogens is 2. The fourth-order valence-corrected chi connectivity index (χ4v) is 3.82. The second kappa shape index (κ2) is 9.74. The van der Waals surface area contributed by atoms with Crippen LogP contribution in [-0.4, -0.2) is 30.5 Å². The van der Waals surface area contributed by atoms with E-state index in [2.05, 4.69) is 9.97 Å². The molecule has 0 aliphatic carbocycles. The van der Waals surface area contributed by atoms with Gasteiger partial charge < -0.3 is 14.3 Å². The number of hydrogen-bond donors (Lipinski definition) is 3. The number of nitrogens with one attached hydrogen (secondary N) is 2. The third-order valence-electron chi connectivity index (χ3n) is 5.03. The Labute approximate surface area is 197 Å². The van der Waals surface area contributed by atoms with E-state index in [0.717, 1.165) is 7.05 Å². The highest BCUT2D eigenvalue weighted by atomic mass is 32.2. The van der Waals surface area contributed by atoms with Crippen molar-refractivity contribution in [1.82, 2.24) is 14.7 Å². The quantitative estimate of drug-likeness (QED) is 0.311. The molecule has 182 valence electrons. The Kier molecular flexibility index (Phi) is 6.73. The van der Waals surface area contributed by atoms with Crippen molar-refractivity contribution in [2.75, 3.05) is 11.8 Å². The van der Waals surface area contributed by atoms with Crippen LogP contribution < -0.4 is 19.8 Å². The predicted molar refractivity (Wildman–Crippen MR) is 121 cm³/mol. The van der Waals surface area contributed by atoms with Gasteiger partial charge in [-0.2, -0.15) is 8.42 Å². The molecule has 3 N–H and O–H groups in total. The number of aliphatic hydroxyl groups is 1. The first-order valence-corrected chi connectivity index (χ1v) is 11.5. The van der Waals surface area contributed by atoms with Gasteiger partial charge in [0.15, 0.2) is 17.5 Å². The van der Waals surface area contributed by atoms with Gasteiger partial charge in [-0.3, -0.25) is 4.72 Å². The Hall–Kier alpha value is -3.94. The first kappa shape index (κ1) is 24.2. The number of pyridine rings is 2. The summed E-state index contributed by atoms with van der Waals surface area (Å²) in [5.74, 6) is -2.37. The van der Waals surface area contributed by atoms with E-state index in [-0.39, 0.29) is 40.3 Å². The molecule has 0 bridgehead atoms. The van der Waals surface area contributed by atoms with E-state index in [1.807, 2.05) is 9.44 Å². The van der Waals surface area contributed by atoms with E-state index >= 15 is 0 Å². The minimum absolute atomic E-state index is 0.0306. The number of fused-ring (bicyclic) bond motifs is 1. The number of aliphatic hydroxyl groups excluding tert-OH is 1. The molecule has 4 aromatic rings. The number of hydrogen-bond acceptors (Lipinski definition) is 8. The average Bonchev–Trinajstić information content (AvgIpc) is 2.83. The summed E-state index contributed by atoms with van der Waals surface area (Å²) in [6.45, 7) is -0.571. The summed E-state index contributed by atoms with van der Waals surface area (Å²) in [6.07, 6.45) is 2.21. The molecule has 0 spiro atoms. The Bertz CT molecular complexity index is 1580. The zero-order valence-corrected chi connectivity index (χ0v) is 18.9. The molecule has 0 aliphatic heterocycles. The Morgan fingerprint density at radius 1 is 1.11 bits per heavy atom. The average molecular weight is 504 g/mol. The number of anilines is 1. The minimum Gasteiger partial charge on any atom is -0.436 e. The van der Waals surface area contributed by atoms with Crippen molar-refractivity contribution >= 4 is 27.0 Å². The van der Waals surface area contributed by atoms with E-state index in [4.69, 9.17) is 9.15 Å². The van der Waals surface area contributed by atoms with Crippen LogP contribution in [-0.2, 0) is 23.2 Å². The lowest BCUT2D eigenvalue weighted by molar-refractivity contribution is 0.281.